The molecular weight excluding hydrogens is 220 g/mol. The van der Waals surface area contributed by atoms with Gasteiger partial charge in [-0.2, -0.15) is 5.10 Å². The van der Waals surface area contributed by atoms with Crippen LogP contribution in [0, 0.1) is 5.92 Å². The molecule has 0 saturated heterocycles. The molecule has 1 unspecified atom stereocenters. The Balaban J connectivity index is 2.45. The molecule has 2 rings (SSSR count). The third kappa shape index (κ3) is 2.62. The standard InChI is InChI=1S/C16H28N2/c1-11(12-8-9-12)18-14(16(5,6)7)10-13(17-18)15(2,3)4/h10-12H,8-9H2,1-7H3. The minimum absolute atomic E-state index is 0.133. The van der Waals surface area contributed by atoms with Crippen LogP contribution < -0.4 is 0 Å². The second-order valence-corrected chi connectivity index (χ2v) is 7.94. The lowest BCUT2D eigenvalue weighted by atomic mass is 9.87. The van der Waals surface area contributed by atoms with Crippen molar-refractivity contribution in [3.05, 3.63) is 17.5 Å². The normalized spacial score (nSPS) is 19.1. The van der Waals surface area contributed by atoms with E-state index in [9.17, 15) is 0 Å². The molecule has 1 aromatic heterocycles. The number of hydrogen-bond acceptors (Lipinski definition) is 1. The van der Waals surface area contributed by atoms with E-state index in [0.717, 1.165) is 5.92 Å². The summed E-state index contributed by atoms with van der Waals surface area (Å²) in [5.41, 5.74) is 2.90. The third-order valence-electron chi connectivity index (χ3n) is 3.96. The van der Waals surface area contributed by atoms with Crippen molar-refractivity contribution in [2.45, 2.75) is 78.2 Å². The quantitative estimate of drug-likeness (QED) is 0.756. The molecule has 0 aliphatic heterocycles. The summed E-state index contributed by atoms with van der Waals surface area (Å²) in [5, 5.41) is 4.93. The molecule has 18 heavy (non-hydrogen) atoms. The first-order chi connectivity index (χ1) is 8.10. The number of aromatic nitrogens is 2. The van der Waals surface area contributed by atoms with Crippen molar-refractivity contribution in [1.82, 2.24) is 9.78 Å². The SMILES string of the molecule is CC(C1CC1)n1nc(C(C)(C)C)cc1C(C)(C)C. The summed E-state index contributed by atoms with van der Waals surface area (Å²) in [6.07, 6.45) is 2.74. The zero-order valence-corrected chi connectivity index (χ0v) is 13.0. The Morgan fingerprint density at radius 1 is 1.11 bits per heavy atom. The van der Waals surface area contributed by atoms with Gasteiger partial charge in [0.05, 0.1) is 11.7 Å². The summed E-state index contributed by atoms with van der Waals surface area (Å²) < 4.78 is 2.30. The molecule has 1 saturated carbocycles. The average Bonchev–Trinajstić information content (AvgIpc) is 2.91. The van der Waals surface area contributed by atoms with Crippen molar-refractivity contribution in [2.24, 2.45) is 5.92 Å². The van der Waals surface area contributed by atoms with Gasteiger partial charge in [0.25, 0.3) is 0 Å². The van der Waals surface area contributed by atoms with Crippen LogP contribution in [0.1, 0.15) is 78.7 Å². The Labute approximate surface area is 112 Å². The summed E-state index contributed by atoms with van der Waals surface area (Å²) in [6, 6.07) is 2.87. The van der Waals surface area contributed by atoms with Crippen molar-refractivity contribution in [1.29, 1.82) is 0 Å². The van der Waals surface area contributed by atoms with E-state index in [4.69, 9.17) is 5.10 Å². The molecule has 0 N–H and O–H groups in total. The maximum absolute atomic E-state index is 4.93. The third-order valence-corrected chi connectivity index (χ3v) is 3.96. The highest BCUT2D eigenvalue weighted by atomic mass is 15.3. The molecule has 0 bridgehead atoms. The molecule has 2 heteroatoms. The largest absolute Gasteiger partial charge is 0.266 e. The van der Waals surface area contributed by atoms with Crippen LogP contribution in [-0.2, 0) is 10.8 Å². The van der Waals surface area contributed by atoms with Crippen LogP contribution in [0.25, 0.3) is 0 Å². The molecule has 0 aromatic carbocycles. The fourth-order valence-electron chi connectivity index (χ4n) is 2.41. The monoisotopic (exact) mass is 248 g/mol. The van der Waals surface area contributed by atoms with Crippen LogP contribution in [-0.4, -0.2) is 9.78 Å². The fourth-order valence-corrected chi connectivity index (χ4v) is 2.41. The second-order valence-electron chi connectivity index (χ2n) is 7.94. The van der Waals surface area contributed by atoms with Crippen molar-refractivity contribution in [3.63, 3.8) is 0 Å². The van der Waals surface area contributed by atoms with E-state index in [-0.39, 0.29) is 10.8 Å². The number of rotatable bonds is 2. The molecular formula is C16H28N2. The molecule has 1 heterocycles. The van der Waals surface area contributed by atoms with E-state index in [1.54, 1.807) is 0 Å². The first-order valence-electron chi connectivity index (χ1n) is 7.21. The van der Waals surface area contributed by atoms with E-state index in [0.29, 0.717) is 6.04 Å². The highest BCUT2D eigenvalue weighted by Crippen LogP contribution is 2.41. The van der Waals surface area contributed by atoms with E-state index in [1.165, 1.54) is 24.2 Å². The van der Waals surface area contributed by atoms with Crippen LogP contribution in [0.3, 0.4) is 0 Å². The van der Waals surface area contributed by atoms with Gasteiger partial charge < -0.3 is 0 Å². The Kier molecular flexibility index (Phi) is 3.11. The Hall–Kier alpha value is -0.790. The van der Waals surface area contributed by atoms with Gasteiger partial charge in [0.2, 0.25) is 0 Å². The van der Waals surface area contributed by atoms with Crippen molar-refractivity contribution >= 4 is 0 Å². The summed E-state index contributed by atoms with van der Waals surface area (Å²) >= 11 is 0. The Morgan fingerprint density at radius 3 is 2.06 bits per heavy atom. The smallest absolute Gasteiger partial charge is 0.0681 e. The van der Waals surface area contributed by atoms with E-state index >= 15 is 0 Å². The number of hydrogen-bond donors (Lipinski definition) is 0. The lowest BCUT2D eigenvalue weighted by Gasteiger charge is -2.23. The Morgan fingerprint density at radius 2 is 1.67 bits per heavy atom. The van der Waals surface area contributed by atoms with E-state index in [1.807, 2.05) is 0 Å². The minimum atomic E-state index is 0.133. The van der Waals surface area contributed by atoms with Crippen LogP contribution >= 0.6 is 0 Å². The number of nitrogens with zero attached hydrogens (tertiary/aromatic N) is 2. The average molecular weight is 248 g/mol. The van der Waals surface area contributed by atoms with Gasteiger partial charge in [0, 0.05) is 16.5 Å². The molecule has 2 nitrogen and oxygen atoms in total. The highest BCUT2D eigenvalue weighted by molar-refractivity contribution is 5.23. The van der Waals surface area contributed by atoms with Crippen LogP contribution in [0.2, 0.25) is 0 Å². The molecule has 1 aliphatic rings. The van der Waals surface area contributed by atoms with Gasteiger partial charge in [-0.3, -0.25) is 4.68 Å². The van der Waals surface area contributed by atoms with Crippen molar-refractivity contribution in [2.75, 3.05) is 0 Å². The van der Waals surface area contributed by atoms with Gasteiger partial charge in [0.1, 0.15) is 0 Å². The summed E-state index contributed by atoms with van der Waals surface area (Å²) in [5.74, 6) is 0.846. The van der Waals surface area contributed by atoms with Crippen LogP contribution in [0.5, 0.6) is 0 Å². The maximum atomic E-state index is 4.93. The molecule has 1 aliphatic carbocycles. The zero-order chi connectivity index (χ0) is 13.7. The summed E-state index contributed by atoms with van der Waals surface area (Å²) in [6.45, 7) is 15.9. The van der Waals surface area contributed by atoms with Gasteiger partial charge in [-0.25, -0.2) is 0 Å². The fraction of sp³-hybridized carbons (Fsp3) is 0.812. The maximum Gasteiger partial charge on any atom is 0.0681 e. The lowest BCUT2D eigenvalue weighted by molar-refractivity contribution is 0.385. The van der Waals surface area contributed by atoms with Gasteiger partial charge in [0.15, 0.2) is 0 Å². The predicted octanol–water partition coefficient (Wildman–Crippen LogP) is 4.45. The first kappa shape index (κ1) is 13.6. The summed E-state index contributed by atoms with van der Waals surface area (Å²) in [7, 11) is 0. The molecule has 1 atom stereocenters. The lowest BCUT2D eigenvalue weighted by Crippen LogP contribution is -2.21. The minimum Gasteiger partial charge on any atom is -0.266 e. The van der Waals surface area contributed by atoms with Gasteiger partial charge >= 0.3 is 0 Å². The molecule has 102 valence electrons. The molecule has 0 spiro atoms. The molecule has 1 aromatic rings. The van der Waals surface area contributed by atoms with Crippen LogP contribution in [0.4, 0.5) is 0 Å². The molecule has 1 fully saturated rings. The van der Waals surface area contributed by atoms with Gasteiger partial charge in [-0.15, -0.1) is 0 Å². The van der Waals surface area contributed by atoms with E-state index < -0.39 is 0 Å². The topological polar surface area (TPSA) is 17.8 Å². The second kappa shape index (κ2) is 4.11. The Bertz CT molecular complexity index is 425. The van der Waals surface area contributed by atoms with Gasteiger partial charge in [-0.1, -0.05) is 41.5 Å². The first-order valence-corrected chi connectivity index (χ1v) is 7.21. The van der Waals surface area contributed by atoms with Crippen molar-refractivity contribution < 1.29 is 0 Å². The highest BCUT2D eigenvalue weighted by Gasteiger charge is 2.34. The van der Waals surface area contributed by atoms with E-state index in [2.05, 4.69) is 59.2 Å². The predicted molar refractivity (Wildman–Crippen MR) is 77.1 cm³/mol. The molecule has 0 amide bonds. The van der Waals surface area contributed by atoms with Crippen molar-refractivity contribution in [3.8, 4) is 0 Å². The summed E-state index contributed by atoms with van der Waals surface area (Å²) in [4.78, 5) is 0. The van der Waals surface area contributed by atoms with Gasteiger partial charge in [-0.05, 0) is 31.7 Å². The molecule has 0 radical (unpaired) electrons. The van der Waals surface area contributed by atoms with Crippen LogP contribution in [0.15, 0.2) is 6.07 Å². The zero-order valence-electron chi connectivity index (χ0n) is 13.0.